The molecular weight excluding hydrogens is 300 g/mol. The summed E-state index contributed by atoms with van der Waals surface area (Å²) in [4.78, 5) is 11.3. The van der Waals surface area contributed by atoms with Gasteiger partial charge in [0.15, 0.2) is 0 Å². The van der Waals surface area contributed by atoms with Gasteiger partial charge in [0, 0.05) is 25.7 Å². The fraction of sp³-hybridized carbons (Fsp3) is 0.562. The summed E-state index contributed by atoms with van der Waals surface area (Å²) in [6.45, 7) is 1.42. The summed E-state index contributed by atoms with van der Waals surface area (Å²) in [6.07, 6.45) is 6.42. The molecule has 0 saturated heterocycles. The van der Waals surface area contributed by atoms with Crippen LogP contribution in [0.5, 0.6) is 0 Å². The van der Waals surface area contributed by atoms with Crippen molar-refractivity contribution in [2.45, 2.75) is 56.4 Å². The number of amides is 1. The zero-order valence-corrected chi connectivity index (χ0v) is 14.0. The van der Waals surface area contributed by atoms with E-state index in [9.17, 15) is 13.2 Å². The standard InChI is InChI=1S/C16H24N2O3S/c1-13(19)17-14-9-11-16(12-10-14)22(20,21)18(2)15-7-5-3-4-6-8-15/h9-12,15H,3-8H2,1-2H3,(H,17,19). The first-order valence-electron chi connectivity index (χ1n) is 7.77. The van der Waals surface area contributed by atoms with Crippen LogP contribution in [0.15, 0.2) is 29.2 Å². The Labute approximate surface area is 132 Å². The van der Waals surface area contributed by atoms with Crippen molar-refractivity contribution in [2.24, 2.45) is 0 Å². The zero-order chi connectivity index (χ0) is 16.2. The molecule has 1 aliphatic rings. The largest absolute Gasteiger partial charge is 0.326 e. The number of rotatable bonds is 4. The van der Waals surface area contributed by atoms with Crippen LogP contribution in [0, 0.1) is 0 Å². The molecule has 1 aliphatic carbocycles. The highest BCUT2D eigenvalue weighted by Crippen LogP contribution is 2.26. The second-order valence-corrected chi connectivity index (χ2v) is 7.87. The lowest BCUT2D eigenvalue weighted by molar-refractivity contribution is -0.114. The topological polar surface area (TPSA) is 66.5 Å². The fourth-order valence-corrected chi connectivity index (χ4v) is 4.31. The van der Waals surface area contributed by atoms with Crippen molar-refractivity contribution in [2.75, 3.05) is 12.4 Å². The molecule has 6 heteroatoms. The molecule has 0 aromatic heterocycles. The number of anilines is 1. The number of sulfonamides is 1. The van der Waals surface area contributed by atoms with E-state index in [1.165, 1.54) is 24.1 Å². The van der Waals surface area contributed by atoms with Gasteiger partial charge in [-0.05, 0) is 37.1 Å². The van der Waals surface area contributed by atoms with E-state index >= 15 is 0 Å². The number of hydrogen-bond acceptors (Lipinski definition) is 3. The molecule has 5 nitrogen and oxygen atoms in total. The maximum atomic E-state index is 12.7. The van der Waals surface area contributed by atoms with Gasteiger partial charge in [0.1, 0.15) is 0 Å². The lowest BCUT2D eigenvalue weighted by Gasteiger charge is -2.26. The van der Waals surface area contributed by atoms with Gasteiger partial charge in [-0.25, -0.2) is 8.42 Å². The number of nitrogens with zero attached hydrogens (tertiary/aromatic N) is 1. The molecule has 122 valence electrons. The quantitative estimate of drug-likeness (QED) is 0.866. The normalized spacial score (nSPS) is 17.2. The highest BCUT2D eigenvalue weighted by Gasteiger charge is 2.28. The van der Waals surface area contributed by atoms with E-state index in [4.69, 9.17) is 0 Å². The van der Waals surface area contributed by atoms with Gasteiger partial charge in [-0.15, -0.1) is 0 Å². The molecule has 0 aliphatic heterocycles. The molecule has 22 heavy (non-hydrogen) atoms. The Hall–Kier alpha value is -1.40. The number of nitrogens with one attached hydrogen (secondary N) is 1. The Balaban J connectivity index is 2.16. The van der Waals surface area contributed by atoms with Crippen LogP contribution in [0.25, 0.3) is 0 Å². The van der Waals surface area contributed by atoms with Crippen LogP contribution in [-0.2, 0) is 14.8 Å². The Kier molecular flexibility index (Phi) is 5.58. The molecule has 1 fully saturated rings. The first-order chi connectivity index (χ1) is 10.4. The van der Waals surface area contributed by atoms with Crippen molar-refractivity contribution in [3.63, 3.8) is 0 Å². The van der Waals surface area contributed by atoms with Gasteiger partial charge < -0.3 is 5.32 Å². The third-order valence-corrected chi connectivity index (χ3v) is 6.11. The molecule has 1 N–H and O–H groups in total. The van der Waals surface area contributed by atoms with Crippen molar-refractivity contribution in [3.8, 4) is 0 Å². The van der Waals surface area contributed by atoms with Crippen LogP contribution < -0.4 is 5.32 Å². The van der Waals surface area contributed by atoms with Gasteiger partial charge in [0.2, 0.25) is 15.9 Å². The summed E-state index contributed by atoms with van der Waals surface area (Å²) in [7, 11) is -1.81. The van der Waals surface area contributed by atoms with E-state index in [-0.39, 0.29) is 16.8 Å². The van der Waals surface area contributed by atoms with Gasteiger partial charge in [0.05, 0.1) is 4.90 Å². The number of carbonyl (C=O) groups excluding carboxylic acids is 1. The zero-order valence-electron chi connectivity index (χ0n) is 13.2. The number of carbonyl (C=O) groups is 1. The highest BCUT2D eigenvalue weighted by atomic mass is 32.2. The van der Waals surface area contributed by atoms with Crippen molar-refractivity contribution < 1.29 is 13.2 Å². The second-order valence-electron chi connectivity index (χ2n) is 5.87. The van der Waals surface area contributed by atoms with Crippen LogP contribution in [0.1, 0.15) is 45.4 Å². The van der Waals surface area contributed by atoms with E-state index < -0.39 is 10.0 Å². The lowest BCUT2D eigenvalue weighted by atomic mass is 10.1. The van der Waals surface area contributed by atoms with Crippen LogP contribution in [0.4, 0.5) is 5.69 Å². The summed E-state index contributed by atoms with van der Waals surface area (Å²) < 4.78 is 27.0. The molecule has 1 amide bonds. The molecule has 0 bridgehead atoms. The van der Waals surface area contributed by atoms with Crippen molar-refractivity contribution in [1.82, 2.24) is 4.31 Å². The smallest absolute Gasteiger partial charge is 0.243 e. The van der Waals surface area contributed by atoms with Crippen molar-refractivity contribution >= 4 is 21.6 Å². The highest BCUT2D eigenvalue weighted by molar-refractivity contribution is 7.89. The molecule has 1 saturated carbocycles. The number of hydrogen-bond donors (Lipinski definition) is 1. The van der Waals surface area contributed by atoms with Gasteiger partial charge in [0.25, 0.3) is 0 Å². The summed E-state index contributed by atoms with van der Waals surface area (Å²) in [5.74, 6) is -0.175. The van der Waals surface area contributed by atoms with Crippen LogP contribution in [-0.4, -0.2) is 31.7 Å². The third-order valence-electron chi connectivity index (χ3n) is 4.19. The van der Waals surface area contributed by atoms with E-state index in [1.807, 2.05) is 0 Å². The molecular formula is C16H24N2O3S. The molecule has 0 unspecified atom stereocenters. The molecule has 1 aromatic carbocycles. The molecule has 1 aromatic rings. The average molecular weight is 324 g/mol. The molecule has 0 heterocycles. The Morgan fingerprint density at radius 2 is 1.64 bits per heavy atom. The van der Waals surface area contributed by atoms with Crippen molar-refractivity contribution in [1.29, 1.82) is 0 Å². The molecule has 2 rings (SSSR count). The summed E-state index contributed by atoms with van der Waals surface area (Å²) in [6, 6.07) is 6.43. The Bertz CT molecular complexity index is 603. The molecule has 0 radical (unpaired) electrons. The maximum Gasteiger partial charge on any atom is 0.243 e. The van der Waals surface area contributed by atoms with E-state index in [2.05, 4.69) is 5.32 Å². The lowest BCUT2D eigenvalue weighted by Crippen LogP contribution is -2.36. The van der Waals surface area contributed by atoms with Gasteiger partial charge >= 0.3 is 0 Å². The van der Waals surface area contributed by atoms with Crippen LogP contribution >= 0.6 is 0 Å². The average Bonchev–Trinajstić information content (AvgIpc) is 2.75. The van der Waals surface area contributed by atoms with E-state index in [0.29, 0.717) is 5.69 Å². The second kappa shape index (κ2) is 7.24. The van der Waals surface area contributed by atoms with Crippen molar-refractivity contribution in [3.05, 3.63) is 24.3 Å². The van der Waals surface area contributed by atoms with Crippen LogP contribution in [0.2, 0.25) is 0 Å². The minimum Gasteiger partial charge on any atom is -0.326 e. The maximum absolute atomic E-state index is 12.7. The monoisotopic (exact) mass is 324 g/mol. The Morgan fingerprint density at radius 1 is 1.09 bits per heavy atom. The van der Waals surface area contributed by atoms with Gasteiger partial charge in [-0.1, -0.05) is 25.7 Å². The summed E-state index contributed by atoms with van der Waals surface area (Å²) in [5, 5.41) is 2.64. The first-order valence-corrected chi connectivity index (χ1v) is 9.21. The van der Waals surface area contributed by atoms with E-state index in [0.717, 1.165) is 25.7 Å². The van der Waals surface area contributed by atoms with Crippen LogP contribution in [0.3, 0.4) is 0 Å². The summed E-state index contributed by atoms with van der Waals surface area (Å²) >= 11 is 0. The predicted octanol–water partition coefficient (Wildman–Crippen LogP) is 2.99. The minimum absolute atomic E-state index is 0.0857. The SMILES string of the molecule is CC(=O)Nc1ccc(S(=O)(=O)N(C)C2CCCCCC2)cc1. The summed E-state index contributed by atoms with van der Waals surface area (Å²) in [5.41, 5.74) is 0.601. The molecule has 0 spiro atoms. The third kappa shape index (κ3) is 4.08. The van der Waals surface area contributed by atoms with E-state index in [1.54, 1.807) is 31.3 Å². The Morgan fingerprint density at radius 3 is 2.14 bits per heavy atom. The first kappa shape index (κ1) is 17.0. The predicted molar refractivity (Wildman–Crippen MR) is 87.2 cm³/mol. The fourth-order valence-electron chi connectivity index (χ4n) is 2.90. The molecule has 0 atom stereocenters. The number of benzene rings is 1. The van der Waals surface area contributed by atoms with Gasteiger partial charge in [-0.3, -0.25) is 4.79 Å². The van der Waals surface area contributed by atoms with Gasteiger partial charge in [-0.2, -0.15) is 4.31 Å². The minimum atomic E-state index is -3.48.